The Balaban J connectivity index is 2.72. The molecule has 10 heavy (non-hydrogen) atoms. The predicted molar refractivity (Wildman–Crippen MR) is 34.4 cm³/mol. The van der Waals surface area contributed by atoms with Gasteiger partial charge in [0, 0.05) is 0 Å². The van der Waals surface area contributed by atoms with Crippen LogP contribution in [0.2, 0.25) is 0 Å². The molecule has 58 valence electrons. The molecule has 0 N–H and O–H groups in total. The molecule has 1 rings (SSSR count). The third-order valence-electron chi connectivity index (χ3n) is 1.10. The third-order valence-corrected chi connectivity index (χ3v) is 2.31. The van der Waals surface area contributed by atoms with E-state index < -0.39 is 22.2 Å². The van der Waals surface area contributed by atoms with Crippen LogP contribution in [0.4, 0.5) is 0 Å². The van der Waals surface area contributed by atoms with E-state index in [-0.39, 0.29) is 6.61 Å². The van der Waals surface area contributed by atoms with Crippen LogP contribution in [-0.4, -0.2) is 21.7 Å². The van der Waals surface area contributed by atoms with Gasteiger partial charge in [0.2, 0.25) is 0 Å². The Kier molecular flexibility index (Phi) is 2.10. The van der Waals surface area contributed by atoms with E-state index in [9.17, 15) is 9.00 Å². The molecule has 1 saturated heterocycles. The molecular weight excluding hydrogens is 180 g/mol. The van der Waals surface area contributed by atoms with Crippen molar-refractivity contribution in [2.45, 2.75) is 12.5 Å². The van der Waals surface area contributed by atoms with Crippen molar-refractivity contribution in [3.05, 3.63) is 0 Å². The van der Waals surface area contributed by atoms with Crippen LogP contribution in [0.5, 0.6) is 0 Å². The summed E-state index contributed by atoms with van der Waals surface area (Å²) in [5, 5.41) is -0.696. The minimum absolute atomic E-state index is 0.0536. The second-order valence-electron chi connectivity index (χ2n) is 2.05. The third kappa shape index (κ3) is 1.37. The van der Waals surface area contributed by atoms with Gasteiger partial charge in [0.1, 0.15) is 6.61 Å². The lowest BCUT2D eigenvalue weighted by atomic mass is 10.1. The summed E-state index contributed by atoms with van der Waals surface area (Å²) < 4.78 is 19.5. The van der Waals surface area contributed by atoms with Crippen molar-refractivity contribution >= 4 is 28.2 Å². The fourth-order valence-electron chi connectivity index (χ4n) is 0.448. The first kappa shape index (κ1) is 8.13. The first-order valence-electron chi connectivity index (χ1n) is 2.49. The molecule has 2 atom stereocenters. The summed E-state index contributed by atoms with van der Waals surface area (Å²) in [6.45, 7) is 1.37. The van der Waals surface area contributed by atoms with Gasteiger partial charge in [-0.2, -0.15) is 4.21 Å². The summed E-state index contributed by atoms with van der Waals surface area (Å²) in [6.07, 6.45) is 0. The van der Waals surface area contributed by atoms with Crippen molar-refractivity contribution in [1.29, 1.82) is 0 Å². The van der Waals surface area contributed by atoms with Crippen molar-refractivity contribution < 1.29 is 17.4 Å². The molecule has 6 heteroatoms. The zero-order valence-corrected chi connectivity index (χ0v) is 6.70. The van der Waals surface area contributed by atoms with Gasteiger partial charge in [-0.15, -0.1) is 0 Å². The van der Waals surface area contributed by atoms with Crippen LogP contribution in [0.3, 0.4) is 0 Å². The molecular formula is C4H5ClO4S. The number of carbonyl (C=O) groups is 1. The van der Waals surface area contributed by atoms with E-state index in [0.29, 0.717) is 0 Å². The maximum Gasteiger partial charge on any atom is 0.305 e. The Labute approximate surface area is 65.3 Å². The fraction of sp³-hybridized carbons (Fsp3) is 0.750. The smallest absolute Gasteiger partial charge is 0.278 e. The summed E-state index contributed by atoms with van der Waals surface area (Å²) in [5.41, 5.74) is -1.23. The van der Waals surface area contributed by atoms with Crippen LogP contribution in [0.1, 0.15) is 6.92 Å². The van der Waals surface area contributed by atoms with E-state index in [2.05, 4.69) is 8.37 Å². The molecule has 0 aromatic heterocycles. The van der Waals surface area contributed by atoms with Crippen LogP contribution >= 0.6 is 11.6 Å². The van der Waals surface area contributed by atoms with Gasteiger partial charge in [0.15, 0.2) is 5.60 Å². The second kappa shape index (κ2) is 2.58. The maximum atomic E-state index is 10.5. The molecule has 0 radical (unpaired) electrons. The van der Waals surface area contributed by atoms with Gasteiger partial charge in [-0.3, -0.25) is 13.2 Å². The van der Waals surface area contributed by atoms with Crippen LogP contribution < -0.4 is 0 Å². The summed E-state index contributed by atoms with van der Waals surface area (Å²) in [7, 11) is 0. The van der Waals surface area contributed by atoms with Crippen molar-refractivity contribution in [1.82, 2.24) is 0 Å². The van der Waals surface area contributed by atoms with Gasteiger partial charge in [-0.25, -0.2) is 0 Å². The lowest BCUT2D eigenvalue weighted by Gasteiger charge is -2.11. The standard InChI is InChI=1S/C4H5ClO4S/c1-4(3(5)6)2-8-10(7)9-4/h2H2,1H3/t4-,10?/m1/s1. The van der Waals surface area contributed by atoms with E-state index >= 15 is 0 Å². The van der Waals surface area contributed by atoms with Gasteiger partial charge < -0.3 is 0 Å². The first-order valence-corrected chi connectivity index (χ1v) is 3.87. The van der Waals surface area contributed by atoms with E-state index in [4.69, 9.17) is 11.6 Å². The minimum atomic E-state index is -1.82. The number of hydrogen-bond donors (Lipinski definition) is 0. The highest BCUT2D eigenvalue weighted by molar-refractivity contribution is 7.75. The molecule has 4 nitrogen and oxygen atoms in total. The topological polar surface area (TPSA) is 52.6 Å². The van der Waals surface area contributed by atoms with Crippen LogP contribution in [0, 0.1) is 0 Å². The van der Waals surface area contributed by atoms with Crippen LogP contribution in [0.15, 0.2) is 0 Å². The average molecular weight is 185 g/mol. The Morgan fingerprint density at radius 1 is 1.80 bits per heavy atom. The fourth-order valence-corrected chi connectivity index (χ4v) is 1.38. The van der Waals surface area contributed by atoms with Crippen molar-refractivity contribution in [3.63, 3.8) is 0 Å². The highest BCUT2D eigenvalue weighted by atomic mass is 35.5. The van der Waals surface area contributed by atoms with Gasteiger partial charge >= 0.3 is 11.4 Å². The number of rotatable bonds is 1. The largest absolute Gasteiger partial charge is 0.305 e. The van der Waals surface area contributed by atoms with E-state index in [1.54, 1.807) is 0 Å². The number of carbonyl (C=O) groups excluding carboxylic acids is 1. The summed E-state index contributed by atoms with van der Waals surface area (Å²) in [5.74, 6) is 0. The first-order chi connectivity index (χ1) is 4.54. The zero-order chi connectivity index (χ0) is 7.78. The molecule has 0 bridgehead atoms. The Hall–Kier alpha value is 0.0300. The van der Waals surface area contributed by atoms with Gasteiger partial charge in [0.05, 0.1) is 0 Å². The van der Waals surface area contributed by atoms with Crippen LogP contribution in [0.25, 0.3) is 0 Å². The summed E-state index contributed by atoms with van der Waals surface area (Å²) >= 11 is 3.29. The molecule has 0 aliphatic carbocycles. The SMILES string of the molecule is C[C@]1(C(=O)Cl)COS(=O)O1. The quantitative estimate of drug-likeness (QED) is 0.544. The molecule has 1 unspecified atom stereocenters. The molecule has 1 fully saturated rings. The normalized spacial score (nSPS) is 40.0. The van der Waals surface area contributed by atoms with Crippen molar-refractivity contribution in [3.8, 4) is 0 Å². The molecule has 0 spiro atoms. The highest BCUT2D eigenvalue weighted by Crippen LogP contribution is 2.23. The zero-order valence-electron chi connectivity index (χ0n) is 5.13. The molecule has 1 heterocycles. The Bertz CT molecular complexity index is 194. The van der Waals surface area contributed by atoms with Gasteiger partial charge in [-0.1, -0.05) is 0 Å². The van der Waals surface area contributed by atoms with E-state index in [1.165, 1.54) is 6.92 Å². The lowest BCUT2D eigenvalue weighted by Crippen LogP contribution is -2.34. The minimum Gasteiger partial charge on any atom is -0.278 e. The molecule has 0 aromatic carbocycles. The Morgan fingerprint density at radius 2 is 2.40 bits per heavy atom. The maximum absolute atomic E-state index is 10.5. The molecule has 0 aromatic rings. The molecule has 1 aliphatic rings. The average Bonchev–Trinajstić information content (AvgIpc) is 2.13. The lowest BCUT2D eigenvalue weighted by molar-refractivity contribution is -0.123. The number of halogens is 1. The van der Waals surface area contributed by atoms with E-state index in [1.807, 2.05) is 0 Å². The van der Waals surface area contributed by atoms with Crippen molar-refractivity contribution in [2.75, 3.05) is 6.61 Å². The van der Waals surface area contributed by atoms with Gasteiger partial charge in [0.25, 0.3) is 5.24 Å². The van der Waals surface area contributed by atoms with Crippen molar-refractivity contribution in [2.24, 2.45) is 0 Å². The summed E-state index contributed by atoms with van der Waals surface area (Å²) in [4.78, 5) is 10.5. The number of hydrogen-bond acceptors (Lipinski definition) is 4. The highest BCUT2D eigenvalue weighted by Gasteiger charge is 2.42. The monoisotopic (exact) mass is 184 g/mol. The summed E-state index contributed by atoms with van der Waals surface area (Å²) in [6, 6.07) is 0. The van der Waals surface area contributed by atoms with Gasteiger partial charge in [-0.05, 0) is 18.5 Å². The molecule has 0 amide bonds. The molecule has 1 aliphatic heterocycles. The van der Waals surface area contributed by atoms with E-state index in [0.717, 1.165) is 0 Å². The second-order valence-corrected chi connectivity index (χ2v) is 3.21. The Morgan fingerprint density at radius 3 is 2.60 bits per heavy atom. The molecule has 0 saturated carbocycles. The van der Waals surface area contributed by atoms with Crippen LogP contribution in [-0.2, 0) is 24.5 Å². The predicted octanol–water partition coefficient (Wildman–Crippen LogP) is 0.136.